The molecule has 0 bridgehead atoms. The van der Waals surface area contributed by atoms with Crippen LogP contribution in [0.3, 0.4) is 0 Å². The standard InChI is InChI=1S/C30H32F2N6O2/c1-16-4-3-9-38(16)15-21-12-19(5-6-22(21)18-7-10-40-11-8-18)26-28(32)37-29(33)27(36-26)20-13-23(31)25-24(14-20)34-17(2)35-30(25)39/h5-6,12-14,16,18H,3-4,7-11,15H2,1-2H3,(H2,33,37)(H,34,35,39)/t16-/m0/s1. The van der Waals surface area contributed by atoms with Crippen molar-refractivity contribution in [2.75, 3.05) is 25.5 Å². The fourth-order valence-corrected chi connectivity index (χ4v) is 6.04. The van der Waals surface area contributed by atoms with E-state index in [2.05, 4.69) is 37.8 Å². The lowest BCUT2D eigenvalue weighted by molar-refractivity contribution is 0.0849. The lowest BCUT2D eigenvalue weighted by Crippen LogP contribution is -2.27. The molecule has 3 N–H and O–H groups in total. The molecular formula is C30H32F2N6O2. The molecule has 1 atom stereocenters. The van der Waals surface area contributed by atoms with E-state index in [4.69, 9.17) is 10.5 Å². The van der Waals surface area contributed by atoms with Crippen molar-refractivity contribution in [1.29, 1.82) is 0 Å². The highest BCUT2D eigenvalue weighted by atomic mass is 19.1. The van der Waals surface area contributed by atoms with Crippen LogP contribution in [0.5, 0.6) is 0 Å². The van der Waals surface area contributed by atoms with Crippen LogP contribution in [-0.2, 0) is 11.3 Å². The fourth-order valence-electron chi connectivity index (χ4n) is 6.04. The van der Waals surface area contributed by atoms with E-state index in [0.717, 1.165) is 63.6 Å². The van der Waals surface area contributed by atoms with Gasteiger partial charge in [0.2, 0.25) is 5.95 Å². The molecule has 2 aliphatic heterocycles. The zero-order valence-electron chi connectivity index (χ0n) is 22.6. The molecule has 4 heterocycles. The lowest BCUT2D eigenvalue weighted by Gasteiger charge is -2.28. The summed E-state index contributed by atoms with van der Waals surface area (Å²) in [6.45, 7) is 7.12. The van der Waals surface area contributed by atoms with Crippen molar-refractivity contribution >= 4 is 16.7 Å². The van der Waals surface area contributed by atoms with E-state index < -0.39 is 17.3 Å². The normalized spacial score (nSPS) is 18.6. The van der Waals surface area contributed by atoms with Gasteiger partial charge in [-0.25, -0.2) is 14.4 Å². The molecule has 0 radical (unpaired) electrons. The maximum absolute atomic E-state index is 15.3. The van der Waals surface area contributed by atoms with Crippen LogP contribution in [-0.4, -0.2) is 50.6 Å². The molecule has 2 aliphatic rings. The monoisotopic (exact) mass is 546 g/mol. The van der Waals surface area contributed by atoms with Crippen LogP contribution in [0.1, 0.15) is 55.5 Å². The molecule has 10 heteroatoms. The molecule has 0 amide bonds. The van der Waals surface area contributed by atoms with E-state index in [1.165, 1.54) is 11.6 Å². The SMILES string of the molecule is Cc1nc2cc(-c3nc(-c4ccc(C5CCOCC5)c(CN5CCC[C@@H]5C)c4)c(F)nc3N)cc(F)c2c(=O)[nH]1. The Kier molecular flexibility index (Phi) is 7.06. The Morgan fingerprint density at radius 2 is 1.85 bits per heavy atom. The van der Waals surface area contributed by atoms with Gasteiger partial charge in [0.05, 0.1) is 5.52 Å². The number of halogens is 2. The summed E-state index contributed by atoms with van der Waals surface area (Å²) in [5.74, 6) is -1.01. The molecule has 0 aliphatic carbocycles. The number of nitrogens with zero attached hydrogens (tertiary/aromatic N) is 4. The number of anilines is 1. The predicted octanol–water partition coefficient (Wildman–Crippen LogP) is 5.09. The quantitative estimate of drug-likeness (QED) is 0.359. The van der Waals surface area contributed by atoms with E-state index in [1.807, 2.05) is 12.1 Å². The number of aromatic amines is 1. The summed E-state index contributed by atoms with van der Waals surface area (Å²) in [5, 5.41) is -0.160. The van der Waals surface area contributed by atoms with Crippen molar-refractivity contribution in [2.45, 2.75) is 58.0 Å². The second-order valence-corrected chi connectivity index (χ2v) is 10.9. The third kappa shape index (κ3) is 4.97. The number of hydrogen-bond donors (Lipinski definition) is 2. The molecule has 2 aromatic heterocycles. The summed E-state index contributed by atoms with van der Waals surface area (Å²) in [6.07, 6.45) is 4.23. The van der Waals surface area contributed by atoms with Crippen LogP contribution < -0.4 is 11.3 Å². The van der Waals surface area contributed by atoms with Gasteiger partial charge >= 0.3 is 0 Å². The fraction of sp³-hybridized carbons (Fsp3) is 0.400. The molecule has 8 nitrogen and oxygen atoms in total. The van der Waals surface area contributed by atoms with Crippen LogP contribution in [0.4, 0.5) is 14.6 Å². The highest BCUT2D eigenvalue weighted by molar-refractivity contribution is 5.86. The maximum Gasteiger partial charge on any atom is 0.261 e. The highest BCUT2D eigenvalue weighted by Gasteiger charge is 2.26. The average Bonchev–Trinajstić information content (AvgIpc) is 3.32. The Morgan fingerprint density at radius 3 is 2.60 bits per heavy atom. The summed E-state index contributed by atoms with van der Waals surface area (Å²) >= 11 is 0. The Hall–Kier alpha value is -3.76. The van der Waals surface area contributed by atoms with Gasteiger partial charge in [-0.05, 0) is 81.3 Å². The zero-order valence-corrected chi connectivity index (χ0v) is 22.6. The summed E-state index contributed by atoms with van der Waals surface area (Å²) in [4.78, 5) is 30.0. The minimum atomic E-state index is -0.799. The maximum atomic E-state index is 15.3. The van der Waals surface area contributed by atoms with Gasteiger partial charge in [-0.1, -0.05) is 12.1 Å². The van der Waals surface area contributed by atoms with Crippen LogP contribution in [0.25, 0.3) is 33.4 Å². The predicted molar refractivity (Wildman–Crippen MR) is 150 cm³/mol. The van der Waals surface area contributed by atoms with Gasteiger partial charge in [0, 0.05) is 36.9 Å². The molecule has 0 spiro atoms. The first-order valence-electron chi connectivity index (χ1n) is 13.8. The average molecular weight is 547 g/mol. The van der Waals surface area contributed by atoms with Crippen molar-refractivity contribution < 1.29 is 13.5 Å². The summed E-state index contributed by atoms with van der Waals surface area (Å²) in [5.41, 5.74) is 9.08. The number of hydrogen-bond acceptors (Lipinski definition) is 7. The molecular weight excluding hydrogens is 514 g/mol. The number of H-pyrrole nitrogens is 1. The number of aromatic nitrogens is 4. The van der Waals surface area contributed by atoms with Gasteiger partial charge in [0.15, 0.2) is 5.82 Å². The highest BCUT2D eigenvalue weighted by Crippen LogP contribution is 2.36. The Bertz CT molecular complexity index is 1650. The molecule has 2 aromatic carbocycles. The number of benzene rings is 2. The Labute approximate surface area is 230 Å². The van der Waals surface area contributed by atoms with E-state index >= 15 is 8.78 Å². The lowest BCUT2D eigenvalue weighted by atomic mass is 9.87. The van der Waals surface area contributed by atoms with E-state index in [0.29, 0.717) is 23.3 Å². The van der Waals surface area contributed by atoms with Gasteiger partial charge in [-0.3, -0.25) is 9.69 Å². The van der Waals surface area contributed by atoms with Crippen molar-refractivity contribution in [1.82, 2.24) is 24.8 Å². The Morgan fingerprint density at radius 1 is 1.05 bits per heavy atom. The number of nitrogen functional groups attached to an aromatic ring is 1. The van der Waals surface area contributed by atoms with Gasteiger partial charge < -0.3 is 15.5 Å². The minimum absolute atomic E-state index is 0.0361. The van der Waals surface area contributed by atoms with Gasteiger partial charge in [-0.15, -0.1) is 0 Å². The zero-order chi connectivity index (χ0) is 28.0. The van der Waals surface area contributed by atoms with E-state index in [-0.39, 0.29) is 33.7 Å². The molecule has 2 saturated heterocycles. The molecule has 4 aromatic rings. The first kappa shape index (κ1) is 26.5. The third-order valence-corrected chi connectivity index (χ3v) is 8.17. The summed E-state index contributed by atoms with van der Waals surface area (Å²) < 4.78 is 35.9. The van der Waals surface area contributed by atoms with Crippen molar-refractivity contribution in [3.63, 3.8) is 0 Å². The first-order chi connectivity index (χ1) is 19.3. The van der Waals surface area contributed by atoms with Crippen molar-refractivity contribution in [2.24, 2.45) is 0 Å². The second-order valence-electron chi connectivity index (χ2n) is 10.9. The largest absolute Gasteiger partial charge is 0.382 e. The van der Waals surface area contributed by atoms with E-state index in [1.54, 1.807) is 6.92 Å². The first-order valence-corrected chi connectivity index (χ1v) is 13.8. The smallest absolute Gasteiger partial charge is 0.261 e. The number of ether oxygens (including phenoxy) is 1. The second kappa shape index (κ2) is 10.7. The van der Waals surface area contributed by atoms with E-state index in [9.17, 15) is 4.79 Å². The van der Waals surface area contributed by atoms with Gasteiger partial charge in [0.25, 0.3) is 5.56 Å². The number of rotatable bonds is 5. The van der Waals surface area contributed by atoms with Crippen LogP contribution in [0, 0.1) is 18.7 Å². The van der Waals surface area contributed by atoms with Crippen molar-refractivity contribution in [3.05, 3.63) is 69.4 Å². The molecule has 0 unspecified atom stereocenters. The van der Waals surface area contributed by atoms with Gasteiger partial charge in [0.1, 0.15) is 28.4 Å². The number of nitrogens with one attached hydrogen (secondary N) is 1. The number of likely N-dealkylation sites (tertiary alicyclic amines) is 1. The number of nitrogens with two attached hydrogens (primary N) is 1. The van der Waals surface area contributed by atoms with Crippen LogP contribution in [0.15, 0.2) is 35.1 Å². The Balaban J connectivity index is 1.45. The topological polar surface area (TPSA) is 110 Å². The van der Waals surface area contributed by atoms with Crippen molar-refractivity contribution in [3.8, 4) is 22.5 Å². The summed E-state index contributed by atoms with van der Waals surface area (Å²) in [6, 6.07) is 9.13. The molecule has 6 rings (SSSR count). The molecule has 0 saturated carbocycles. The molecule has 208 valence electrons. The third-order valence-electron chi connectivity index (χ3n) is 8.17. The van der Waals surface area contributed by atoms with Gasteiger partial charge in [-0.2, -0.15) is 9.37 Å². The number of fused-ring (bicyclic) bond motifs is 1. The minimum Gasteiger partial charge on any atom is -0.382 e. The molecule has 2 fully saturated rings. The van der Waals surface area contributed by atoms with Crippen LogP contribution >= 0.6 is 0 Å². The summed E-state index contributed by atoms with van der Waals surface area (Å²) in [7, 11) is 0. The van der Waals surface area contributed by atoms with Crippen LogP contribution in [0.2, 0.25) is 0 Å². The number of aryl methyl sites for hydroxylation is 1. The molecule has 40 heavy (non-hydrogen) atoms.